The third-order valence-corrected chi connectivity index (χ3v) is 9.17. The van der Waals surface area contributed by atoms with Crippen LogP contribution in [0.4, 0.5) is 0 Å². The van der Waals surface area contributed by atoms with Crippen LogP contribution in [-0.2, 0) is 16.6 Å². The number of allylic oxidation sites excluding steroid dienone is 4. The van der Waals surface area contributed by atoms with Crippen LogP contribution < -0.4 is 4.74 Å². The standard InChI is InChI=1S/C28H28O2/c1-26-13-12-24-23-10-9-22(30-2)16-19(23)8-11-25(24)27(26)14-15-28(26,21(17-27)18-29)20-6-4-3-5-7-20/h3-7,9-10,14-18,24-25H,8,11-13H2,1-2H3/t24-,25-,26+,27+,28+/m1/s1. The van der Waals surface area contributed by atoms with Crippen molar-refractivity contribution in [3.63, 3.8) is 0 Å². The molecule has 30 heavy (non-hydrogen) atoms. The Morgan fingerprint density at radius 3 is 2.67 bits per heavy atom. The molecule has 2 nitrogen and oxygen atoms in total. The Hall–Kier alpha value is -2.61. The summed E-state index contributed by atoms with van der Waals surface area (Å²) in [5.41, 5.74) is 4.87. The minimum absolute atomic E-state index is 0.0166. The topological polar surface area (TPSA) is 26.3 Å². The van der Waals surface area contributed by atoms with Gasteiger partial charge in [-0.1, -0.05) is 61.5 Å². The van der Waals surface area contributed by atoms with Crippen LogP contribution in [0.3, 0.4) is 0 Å². The SMILES string of the molecule is COc1ccc2c(c1)CC[C@@H]1[C@@H]2CC[C@@]2(C)[C@]13C=C[C@]2(c1ccccc1)C(C=O)=C3. The van der Waals surface area contributed by atoms with Gasteiger partial charge in [0.15, 0.2) is 0 Å². The Balaban J connectivity index is 1.51. The Labute approximate surface area is 178 Å². The zero-order valence-corrected chi connectivity index (χ0v) is 17.7. The van der Waals surface area contributed by atoms with Gasteiger partial charge in [-0.3, -0.25) is 4.79 Å². The lowest BCUT2D eigenvalue weighted by Crippen LogP contribution is -2.52. The van der Waals surface area contributed by atoms with Gasteiger partial charge in [-0.05, 0) is 71.8 Å². The molecule has 1 saturated carbocycles. The lowest BCUT2D eigenvalue weighted by molar-refractivity contribution is -0.105. The van der Waals surface area contributed by atoms with Crippen molar-refractivity contribution in [1.82, 2.24) is 0 Å². The van der Waals surface area contributed by atoms with Crippen molar-refractivity contribution in [3.05, 3.63) is 89.0 Å². The molecule has 4 aliphatic carbocycles. The van der Waals surface area contributed by atoms with Crippen LogP contribution in [0.5, 0.6) is 5.75 Å². The first-order valence-electron chi connectivity index (χ1n) is 11.2. The number of carbonyl (C=O) groups excluding carboxylic acids is 1. The van der Waals surface area contributed by atoms with Crippen molar-refractivity contribution in [2.45, 2.75) is 43.9 Å². The molecule has 0 amide bonds. The smallest absolute Gasteiger partial charge is 0.146 e. The first kappa shape index (κ1) is 18.2. The monoisotopic (exact) mass is 396 g/mol. The molecule has 152 valence electrons. The van der Waals surface area contributed by atoms with Crippen molar-refractivity contribution in [2.75, 3.05) is 7.11 Å². The summed E-state index contributed by atoms with van der Waals surface area (Å²) < 4.78 is 5.48. The molecule has 2 bridgehead atoms. The number of ether oxygens (including phenoxy) is 1. The predicted molar refractivity (Wildman–Crippen MR) is 119 cm³/mol. The number of aryl methyl sites for hydroxylation is 1. The maximum absolute atomic E-state index is 12.4. The molecule has 2 aromatic rings. The Kier molecular flexibility index (Phi) is 3.62. The fourth-order valence-electron chi connectivity index (χ4n) is 7.82. The van der Waals surface area contributed by atoms with Crippen molar-refractivity contribution < 1.29 is 9.53 Å². The van der Waals surface area contributed by atoms with E-state index in [1.165, 1.54) is 23.1 Å². The molecule has 0 N–H and O–H groups in total. The fourth-order valence-corrected chi connectivity index (χ4v) is 7.82. The normalized spacial score (nSPS) is 37.7. The van der Waals surface area contributed by atoms with E-state index in [0.717, 1.165) is 36.9 Å². The maximum Gasteiger partial charge on any atom is 0.146 e. The molecule has 0 unspecified atom stereocenters. The molecule has 2 heteroatoms. The van der Waals surface area contributed by atoms with Gasteiger partial charge in [0.05, 0.1) is 7.11 Å². The summed E-state index contributed by atoms with van der Waals surface area (Å²) in [6.07, 6.45) is 12.9. The van der Waals surface area contributed by atoms with Gasteiger partial charge in [-0.2, -0.15) is 0 Å². The number of hydrogen-bond acceptors (Lipinski definition) is 2. The van der Waals surface area contributed by atoms with Crippen LogP contribution in [0.2, 0.25) is 0 Å². The van der Waals surface area contributed by atoms with E-state index in [1.54, 1.807) is 7.11 Å². The summed E-state index contributed by atoms with van der Waals surface area (Å²) >= 11 is 0. The van der Waals surface area contributed by atoms with Gasteiger partial charge in [0.1, 0.15) is 12.0 Å². The van der Waals surface area contributed by atoms with E-state index >= 15 is 0 Å². The van der Waals surface area contributed by atoms with Gasteiger partial charge in [0.25, 0.3) is 0 Å². The largest absolute Gasteiger partial charge is 0.497 e. The summed E-state index contributed by atoms with van der Waals surface area (Å²) in [5.74, 6) is 2.04. The second-order valence-corrected chi connectivity index (χ2v) is 9.85. The molecule has 0 aromatic heterocycles. The quantitative estimate of drug-likeness (QED) is 0.486. The number of carbonyl (C=O) groups is 1. The number of benzene rings is 2. The van der Waals surface area contributed by atoms with Crippen molar-refractivity contribution in [3.8, 4) is 5.75 Å². The Morgan fingerprint density at radius 2 is 1.90 bits per heavy atom. The van der Waals surface area contributed by atoms with Gasteiger partial charge < -0.3 is 4.74 Å². The van der Waals surface area contributed by atoms with Crippen LogP contribution >= 0.6 is 0 Å². The van der Waals surface area contributed by atoms with Crippen molar-refractivity contribution in [1.29, 1.82) is 0 Å². The second kappa shape index (κ2) is 5.97. The first-order valence-corrected chi connectivity index (χ1v) is 11.2. The average Bonchev–Trinajstić information content (AvgIpc) is 3.20. The summed E-state index contributed by atoms with van der Waals surface area (Å²) in [7, 11) is 1.75. The van der Waals surface area contributed by atoms with E-state index in [2.05, 4.69) is 73.7 Å². The highest BCUT2D eigenvalue weighted by molar-refractivity contribution is 5.84. The average molecular weight is 397 g/mol. The molecule has 1 fully saturated rings. The van der Waals surface area contributed by atoms with E-state index in [9.17, 15) is 4.79 Å². The highest BCUT2D eigenvalue weighted by Crippen LogP contribution is 2.76. The van der Waals surface area contributed by atoms with Gasteiger partial charge in [0, 0.05) is 16.4 Å². The van der Waals surface area contributed by atoms with E-state index < -0.39 is 0 Å². The van der Waals surface area contributed by atoms with E-state index in [-0.39, 0.29) is 16.2 Å². The zero-order valence-electron chi connectivity index (χ0n) is 17.7. The number of hydrogen-bond donors (Lipinski definition) is 0. The summed E-state index contributed by atoms with van der Waals surface area (Å²) in [6, 6.07) is 17.4. The minimum Gasteiger partial charge on any atom is -0.497 e. The number of rotatable bonds is 3. The van der Waals surface area contributed by atoms with E-state index in [4.69, 9.17) is 4.74 Å². The summed E-state index contributed by atoms with van der Waals surface area (Å²) in [5, 5.41) is 0. The lowest BCUT2D eigenvalue weighted by Gasteiger charge is -2.57. The third kappa shape index (κ3) is 1.89. The first-order chi connectivity index (χ1) is 14.6. The van der Waals surface area contributed by atoms with E-state index in [1.807, 2.05) is 0 Å². The fraction of sp³-hybridized carbons (Fsp3) is 0.393. The number of aldehydes is 1. The zero-order chi connectivity index (χ0) is 20.6. The molecule has 0 heterocycles. The molecule has 0 saturated heterocycles. The maximum atomic E-state index is 12.4. The van der Waals surface area contributed by atoms with Crippen LogP contribution in [0.25, 0.3) is 0 Å². The predicted octanol–water partition coefficient (Wildman–Crippen LogP) is 5.77. The van der Waals surface area contributed by atoms with Crippen LogP contribution in [0.1, 0.15) is 48.8 Å². The summed E-state index contributed by atoms with van der Waals surface area (Å²) in [4.78, 5) is 12.4. The van der Waals surface area contributed by atoms with Crippen molar-refractivity contribution in [2.24, 2.45) is 16.7 Å². The molecular formula is C28H28O2. The van der Waals surface area contributed by atoms with Gasteiger partial charge in [-0.25, -0.2) is 0 Å². The Morgan fingerprint density at radius 1 is 1.07 bits per heavy atom. The van der Waals surface area contributed by atoms with Gasteiger partial charge in [-0.15, -0.1) is 0 Å². The third-order valence-electron chi connectivity index (χ3n) is 9.17. The van der Waals surface area contributed by atoms with Gasteiger partial charge >= 0.3 is 0 Å². The second-order valence-electron chi connectivity index (χ2n) is 9.85. The molecule has 0 aliphatic heterocycles. The van der Waals surface area contributed by atoms with Crippen LogP contribution in [0.15, 0.2) is 72.3 Å². The number of fused-ring (bicyclic) bond motifs is 3. The molecule has 5 atom stereocenters. The van der Waals surface area contributed by atoms with Crippen molar-refractivity contribution >= 4 is 6.29 Å². The molecule has 0 spiro atoms. The molecule has 4 aliphatic rings. The van der Waals surface area contributed by atoms with Gasteiger partial charge in [0.2, 0.25) is 0 Å². The van der Waals surface area contributed by atoms with E-state index in [0.29, 0.717) is 11.8 Å². The number of methoxy groups -OCH3 is 1. The molecule has 2 aromatic carbocycles. The molecular weight excluding hydrogens is 368 g/mol. The van der Waals surface area contributed by atoms with Crippen LogP contribution in [-0.4, -0.2) is 13.4 Å². The van der Waals surface area contributed by atoms with Crippen LogP contribution in [0, 0.1) is 16.7 Å². The molecule has 6 rings (SSSR count). The lowest BCUT2D eigenvalue weighted by atomic mass is 9.45. The summed E-state index contributed by atoms with van der Waals surface area (Å²) in [6.45, 7) is 2.45. The minimum atomic E-state index is -0.291. The Bertz CT molecular complexity index is 1100. The highest BCUT2D eigenvalue weighted by Gasteiger charge is 2.71. The molecule has 0 radical (unpaired) electrons. The highest BCUT2D eigenvalue weighted by atomic mass is 16.5.